The average Bonchev–Trinajstić information content (AvgIpc) is 2.54. The summed E-state index contributed by atoms with van der Waals surface area (Å²) in [6.07, 6.45) is 1.60. The van der Waals surface area contributed by atoms with E-state index in [0.29, 0.717) is 5.69 Å². The highest BCUT2D eigenvalue weighted by molar-refractivity contribution is 14.1. The van der Waals surface area contributed by atoms with E-state index in [9.17, 15) is 10.1 Å². The fourth-order valence-corrected chi connectivity index (χ4v) is 4.58. The van der Waals surface area contributed by atoms with E-state index >= 15 is 0 Å². The minimum Gasteiger partial charge on any atom is -0.386 e. The monoisotopic (exact) mass is 607 g/mol. The Morgan fingerprint density at radius 3 is 2.29 bits per heavy atom. The molecule has 2 aromatic rings. The molecular formula is C17H12BrI2N3O. The molecule has 0 atom stereocenters. The van der Waals surface area contributed by atoms with Crippen LogP contribution in [-0.2, 0) is 4.79 Å². The van der Waals surface area contributed by atoms with Gasteiger partial charge in [0.1, 0.15) is 11.6 Å². The molecule has 0 radical (unpaired) electrons. The van der Waals surface area contributed by atoms with Gasteiger partial charge in [0.05, 0.1) is 5.69 Å². The molecule has 0 aliphatic carbocycles. The highest BCUT2D eigenvalue weighted by Gasteiger charge is 2.11. The molecule has 0 saturated carbocycles. The zero-order chi connectivity index (χ0) is 17.7. The lowest BCUT2D eigenvalue weighted by Crippen LogP contribution is -2.13. The van der Waals surface area contributed by atoms with Crippen molar-refractivity contribution in [1.82, 2.24) is 0 Å². The molecule has 0 spiro atoms. The summed E-state index contributed by atoms with van der Waals surface area (Å²) >= 11 is 7.79. The largest absolute Gasteiger partial charge is 0.386 e. The summed E-state index contributed by atoms with van der Waals surface area (Å²) in [4.78, 5) is 12.3. The molecule has 0 aromatic heterocycles. The van der Waals surface area contributed by atoms with Crippen LogP contribution >= 0.6 is 61.1 Å². The molecule has 0 saturated heterocycles. The first-order valence-electron chi connectivity index (χ1n) is 6.80. The van der Waals surface area contributed by atoms with Gasteiger partial charge in [0.15, 0.2) is 0 Å². The normalized spacial score (nSPS) is 10.9. The fraction of sp³-hybridized carbons (Fsp3) is 0.0588. The van der Waals surface area contributed by atoms with Crippen molar-refractivity contribution < 1.29 is 4.79 Å². The third-order valence-electron chi connectivity index (χ3n) is 3.09. The van der Waals surface area contributed by atoms with Gasteiger partial charge in [0.25, 0.3) is 5.91 Å². The minimum absolute atomic E-state index is 0.0572. The van der Waals surface area contributed by atoms with Crippen molar-refractivity contribution in [2.45, 2.75) is 0 Å². The number of benzene rings is 2. The summed E-state index contributed by atoms with van der Waals surface area (Å²) in [5.74, 6) is -0.428. The number of hydrogen-bond acceptors (Lipinski definition) is 3. The van der Waals surface area contributed by atoms with Crippen LogP contribution in [0.3, 0.4) is 0 Å². The van der Waals surface area contributed by atoms with Crippen LogP contribution in [-0.4, -0.2) is 13.0 Å². The first-order valence-corrected chi connectivity index (χ1v) is 9.75. The topological polar surface area (TPSA) is 64.9 Å². The van der Waals surface area contributed by atoms with Gasteiger partial charge >= 0.3 is 0 Å². The maximum absolute atomic E-state index is 12.3. The first-order chi connectivity index (χ1) is 11.4. The second-order valence-electron chi connectivity index (χ2n) is 4.74. The molecule has 2 N–H and O–H groups in total. The van der Waals surface area contributed by atoms with Gasteiger partial charge in [-0.1, -0.05) is 15.9 Å². The summed E-state index contributed by atoms with van der Waals surface area (Å²) in [5.41, 5.74) is 2.54. The molecule has 4 nitrogen and oxygen atoms in total. The quantitative estimate of drug-likeness (QED) is 0.284. The third-order valence-corrected chi connectivity index (χ3v) is 5.32. The Bertz CT molecular complexity index is 819. The Labute approximate surface area is 176 Å². The Morgan fingerprint density at radius 1 is 1.21 bits per heavy atom. The number of carbonyl (C=O) groups is 1. The first kappa shape index (κ1) is 19.2. The summed E-state index contributed by atoms with van der Waals surface area (Å²) in [6, 6.07) is 13.0. The maximum Gasteiger partial charge on any atom is 0.266 e. The molecule has 1 amide bonds. The van der Waals surface area contributed by atoms with E-state index in [0.717, 1.165) is 22.9 Å². The van der Waals surface area contributed by atoms with Gasteiger partial charge in [-0.05, 0) is 93.2 Å². The minimum atomic E-state index is -0.428. The van der Waals surface area contributed by atoms with E-state index in [-0.39, 0.29) is 5.57 Å². The lowest BCUT2D eigenvalue weighted by Gasteiger charge is -2.09. The van der Waals surface area contributed by atoms with Gasteiger partial charge in [-0.2, -0.15) is 5.26 Å². The fourth-order valence-electron chi connectivity index (χ4n) is 1.96. The van der Waals surface area contributed by atoms with Crippen LogP contribution in [0.1, 0.15) is 5.56 Å². The maximum atomic E-state index is 12.3. The van der Waals surface area contributed by atoms with E-state index in [2.05, 4.69) is 71.7 Å². The summed E-state index contributed by atoms with van der Waals surface area (Å²) in [7, 11) is 1.86. The molecule has 24 heavy (non-hydrogen) atoms. The Morgan fingerprint density at radius 2 is 1.79 bits per heavy atom. The Kier molecular flexibility index (Phi) is 7.06. The van der Waals surface area contributed by atoms with E-state index in [4.69, 9.17) is 0 Å². The van der Waals surface area contributed by atoms with Crippen molar-refractivity contribution in [1.29, 1.82) is 5.26 Å². The van der Waals surface area contributed by atoms with Crippen molar-refractivity contribution in [2.75, 3.05) is 17.7 Å². The van der Waals surface area contributed by atoms with Crippen LogP contribution < -0.4 is 10.6 Å². The van der Waals surface area contributed by atoms with Crippen LogP contribution in [0, 0.1) is 18.5 Å². The highest BCUT2D eigenvalue weighted by Crippen LogP contribution is 2.27. The smallest absolute Gasteiger partial charge is 0.266 e. The zero-order valence-corrected chi connectivity index (χ0v) is 18.4. The summed E-state index contributed by atoms with van der Waals surface area (Å²) in [5, 5.41) is 15.2. The van der Waals surface area contributed by atoms with E-state index in [1.165, 1.54) is 0 Å². The number of nitriles is 1. The van der Waals surface area contributed by atoms with Gasteiger partial charge in [-0.15, -0.1) is 0 Å². The van der Waals surface area contributed by atoms with Crippen LogP contribution in [0.5, 0.6) is 0 Å². The van der Waals surface area contributed by atoms with E-state index < -0.39 is 5.91 Å². The van der Waals surface area contributed by atoms with Crippen LogP contribution in [0.4, 0.5) is 11.4 Å². The number of nitrogens with one attached hydrogen (secondary N) is 2. The van der Waals surface area contributed by atoms with Crippen LogP contribution in [0.15, 0.2) is 46.4 Å². The van der Waals surface area contributed by atoms with Crippen molar-refractivity contribution in [2.24, 2.45) is 0 Å². The number of carbonyl (C=O) groups excluding carboxylic acids is 1. The molecule has 0 heterocycles. The summed E-state index contributed by atoms with van der Waals surface area (Å²) in [6.45, 7) is 0. The predicted molar refractivity (Wildman–Crippen MR) is 118 cm³/mol. The molecule has 0 aliphatic rings. The van der Waals surface area contributed by atoms with Crippen molar-refractivity contribution >= 4 is 84.5 Å². The van der Waals surface area contributed by atoms with Crippen molar-refractivity contribution in [3.05, 3.63) is 59.1 Å². The Hall–Kier alpha value is -1.12. The number of halogens is 3. The number of rotatable bonds is 4. The average molecular weight is 608 g/mol. The standard InChI is InChI=1S/C17H12BrI2N3O/c1-22-16-14(19)7-10(8-15(16)20)6-11(9-21)17(24)23-13-4-2-12(18)3-5-13/h2-8,22H,1H3,(H,23,24)/b11-6-. The van der Waals surface area contributed by atoms with Gasteiger partial charge in [0, 0.05) is 24.3 Å². The van der Waals surface area contributed by atoms with E-state index in [1.807, 2.05) is 37.4 Å². The molecule has 2 aromatic carbocycles. The van der Waals surface area contributed by atoms with Gasteiger partial charge in [-0.25, -0.2) is 0 Å². The van der Waals surface area contributed by atoms with Gasteiger partial charge in [0.2, 0.25) is 0 Å². The Balaban J connectivity index is 2.27. The number of nitrogens with zero attached hydrogens (tertiary/aromatic N) is 1. The van der Waals surface area contributed by atoms with E-state index in [1.54, 1.807) is 18.2 Å². The molecule has 2 rings (SSSR count). The number of hydrogen-bond donors (Lipinski definition) is 2. The number of anilines is 2. The summed E-state index contributed by atoms with van der Waals surface area (Å²) < 4.78 is 2.98. The third kappa shape index (κ3) is 4.94. The second kappa shape index (κ2) is 8.82. The van der Waals surface area contributed by atoms with Crippen LogP contribution in [0.25, 0.3) is 6.08 Å². The number of amides is 1. The lowest BCUT2D eigenvalue weighted by atomic mass is 10.1. The lowest BCUT2D eigenvalue weighted by molar-refractivity contribution is -0.112. The van der Waals surface area contributed by atoms with Crippen LogP contribution in [0.2, 0.25) is 0 Å². The molecule has 0 aliphatic heterocycles. The van der Waals surface area contributed by atoms with Gasteiger partial charge < -0.3 is 10.6 Å². The van der Waals surface area contributed by atoms with Gasteiger partial charge in [-0.3, -0.25) is 4.79 Å². The van der Waals surface area contributed by atoms with Crippen molar-refractivity contribution in [3.63, 3.8) is 0 Å². The molecular weight excluding hydrogens is 596 g/mol. The highest BCUT2D eigenvalue weighted by atomic mass is 127. The van der Waals surface area contributed by atoms with Crippen molar-refractivity contribution in [3.8, 4) is 6.07 Å². The molecule has 0 fully saturated rings. The molecule has 122 valence electrons. The second-order valence-corrected chi connectivity index (χ2v) is 7.98. The molecule has 0 bridgehead atoms. The zero-order valence-electron chi connectivity index (χ0n) is 12.5. The SMILES string of the molecule is CNc1c(I)cc(/C=C(/C#N)C(=O)Nc2ccc(Br)cc2)cc1I. The molecule has 0 unspecified atom stereocenters. The molecule has 7 heteroatoms. The predicted octanol–water partition coefficient (Wildman–Crippen LogP) is 5.25.